The highest BCUT2D eigenvalue weighted by Crippen LogP contribution is 2.17. The Morgan fingerprint density at radius 2 is 2.00 bits per heavy atom. The van der Waals surface area contributed by atoms with Gasteiger partial charge in [0.2, 0.25) is 0 Å². The van der Waals surface area contributed by atoms with E-state index in [4.69, 9.17) is 5.11 Å². The van der Waals surface area contributed by atoms with Crippen LogP contribution in [0.4, 0.5) is 0 Å². The van der Waals surface area contributed by atoms with Gasteiger partial charge in [-0.3, -0.25) is 4.79 Å². The molecule has 2 nitrogen and oxygen atoms in total. The lowest BCUT2D eigenvalue weighted by Gasteiger charge is -2.18. The summed E-state index contributed by atoms with van der Waals surface area (Å²) in [5.74, 6) is -0.627. The summed E-state index contributed by atoms with van der Waals surface area (Å²) in [7, 11) is -1.39. The molecule has 0 bridgehead atoms. The van der Waals surface area contributed by atoms with Crippen LogP contribution in [0.1, 0.15) is 19.8 Å². The minimum atomic E-state index is -1.39. The van der Waals surface area contributed by atoms with E-state index in [1.165, 1.54) is 12.8 Å². The van der Waals surface area contributed by atoms with Crippen LogP contribution in [0.3, 0.4) is 0 Å². The number of carboxylic acid groups (broad SMARTS) is 1. The largest absolute Gasteiger partial charge is 0.481 e. The van der Waals surface area contributed by atoms with E-state index in [2.05, 4.69) is 20.0 Å². The molecule has 0 rings (SSSR count). The van der Waals surface area contributed by atoms with Gasteiger partial charge >= 0.3 is 5.97 Å². The van der Waals surface area contributed by atoms with E-state index >= 15 is 0 Å². The fourth-order valence-electron chi connectivity index (χ4n) is 1.15. The number of hydrogen-bond donors (Lipinski definition) is 1. The van der Waals surface area contributed by atoms with E-state index in [1.54, 1.807) is 0 Å². The molecule has 0 atom stereocenters. The normalized spacial score (nSPS) is 11.5. The van der Waals surface area contributed by atoms with E-state index in [0.717, 1.165) is 6.04 Å². The van der Waals surface area contributed by atoms with Gasteiger partial charge in [-0.15, -0.1) is 0 Å². The molecule has 0 aliphatic rings. The average Bonchev–Trinajstić information content (AvgIpc) is 1.81. The molecule has 0 radical (unpaired) electrons. The van der Waals surface area contributed by atoms with Gasteiger partial charge in [-0.1, -0.05) is 38.9 Å². The molecule has 0 aliphatic heterocycles. The summed E-state index contributed by atoms with van der Waals surface area (Å²) in [6, 6.07) is 1.57. The zero-order chi connectivity index (χ0) is 8.91. The van der Waals surface area contributed by atoms with Crippen LogP contribution in [-0.4, -0.2) is 19.1 Å². The molecule has 0 aromatic carbocycles. The van der Waals surface area contributed by atoms with Crippen molar-refractivity contribution < 1.29 is 9.90 Å². The van der Waals surface area contributed by atoms with Gasteiger partial charge in [-0.2, -0.15) is 0 Å². The van der Waals surface area contributed by atoms with E-state index in [1.807, 2.05) is 0 Å². The van der Waals surface area contributed by atoms with Crippen LogP contribution in [0.25, 0.3) is 0 Å². The Bertz CT molecular complexity index is 132. The van der Waals surface area contributed by atoms with Crippen molar-refractivity contribution >= 4 is 14.0 Å². The van der Waals surface area contributed by atoms with Gasteiger partial charge in [0, 0.05) is 6.04 Å². The second-order valence-corrected chi connectivity index (χ2v) is 9.02. The molecule has 0 spiro atoms. The maximum Gasteiger partial charge on any atom is 0.300 e. The van der Waals surface area contributed by atoms with Crippen LogP contribution in [-0.2, 0) is 4.79 Å². The Morgan fingerprint density at radius 3 is 2.36 bits per heavy atom. The third kappa shape index (κ3) is 6.10. The summed E-state index contributed by atoms with van der Waals surface area (Å²) >= 11 is 0. The Kier molecular flexibility index (Phi) is 4.41. The third-order valence-corrected chi connectivity index (χ3v) is 4.80. The maximum atomic E-state index is 10.4. The first kappa shape index (κ1) is 10.7. The molecule has 0 fully saturated rings. The summed E-state index contributed by atoms with van der Waals surface area (Å²) in [5, 5.41) is 8.58. The van der Waals surface area contributed by atoms with Crippen molar-refractivity contribution in [2.75, 3.05) is 0 Å². The van der Waals surface area contributed by atoms with Gasteiger partial charge in [0.05, 0.1) is 8.07 Å². The monoisotopic (exact) mass is 174 g/mol. The molecule has 0 saturated heterocycles. The van der Waals surface area contributed by atoms with Crippen molar-refractivity contribution in [2.24, 2.45) is 0 Å². The molecule has 0 saturated carbocycles. The van der Waals surface area contributed by atoms with E-state index < -0.39 is 14.0 Å². The molecule has 0 aromatic rings. The van der Waals surface area contributed by atoms with Crippen molar-refractivity contribution in [3.05, 3.63) is 0 Å². The van der Waals surface area contributed by atoms with Crippen LogP contribution in [0.2, 0.25) is 25.2 Å². The molecular formula is C8H18O2Si. The zero-order valence-electron chi connectivity index (χ0n) is 7.68. The minimum absolute atomic E-state index is 0.424. The first-order chi connectivity index (χ1) is 4.98. The third-order valence-electron chi connectivity index (χ3n) is 1.84. The van der Waals surface area contributed by atoms with Gasteiger partial charge in [-0.05, 0) is 0 Å². The Balaban J connectivity index is 3.70. The fourth-order valence-corrected chi connectivity index (χ4v) is 3.46. The standard InChI is InChI=1S/C8H18O2Si/c1-4-5-6-11(2,3)7-8(9)10/h4-7H2,1-3H3,(H,9,10). The average molecular weight is 174 g/mol. The second kappa shape index (κ2) is 4.54. The Morgan fingerprint density at radius 1 is 1.45 bits per heavy atom. The summed E-state index contributed by atoms with van der Waals surface area (Å²) in [5.41, 5.74) is 0. The molecule has 0 heterocycles. The maximum absolute atomic E-state index is 10.4. The van der Waals surface area contributed by atoms with Crippen LogP contribution < -0.4 is 0 Å². The quantitative estimate of drug-likeness (QED) is 0.650. The first-order valence-corrected chi connectivity index (χ1v) is 7.61. The number of aliphatic carboxylic acids is 1. The molecule has 0 unspecified atom stereocenters. The lowest BCUT2D eigenvalue weighted by Crippen LogP contribution is -2.28. The minimum Gasteiger partial charge on any atom is -0.481 e. The van der Waals surface area contributed by atoms with Gasteiger partial charge < -0.3 is 5.11 Å². The fraction of sp³-hybridized carbons (Fsp3) is 0.875. The molecular weight excluding hydrogens is 156 g/mol. The number of carboxylic acids is 1. The molecule has 0 amide bonds. The zero-order valence-corrected chi connectivity index (χ0v) is 8.68. The second-order valence-electron chi connectivity index (χ2n) is 3.84. The lowest BCUT2D eigenvalue weighted by molar-refractivity contribution is -0.134. The van der Waals surface area contributed by atoms with Gasteiger partial charge in [0.1, 0.15) is 0 Å². The van der Waals surface area contributed by atoms with Crippen molar-refractivity contribution in [1.82, 2.24) is 0 Å². The van der Waals surface area contributed by atoms with Crippen LogP contribution in [0, 0.1) is 0 Å². The van der Waals surface area contributed by atoms with Crippen molar-refractivity contribution in [2.45, 2.75) is 44.9 Å². The van der Waals surface area contributed by atoms with Gasteiger partial charge in [-0.25, -0.2) is 0 Å². The molecule has 66 valence electrons. The lowest BCUT2D eigenvalue weighted by atomic mass is 10.4. The molecule has 1 N–H and O–H groups in total. The van der Waals surface area contributed by atoms with E-state index in [-0.39, 0.29) is 0 Å². The molecule has 0 aliphatic carbocycles. The van der Waals surface area contributed by atoms with Crippen molar-refractivity contribution in [3.8, 4) is 0 Å². The Hall–Kier alpha value is -0.313. The van der Waals surface area contributed by atoms with Gasteiger partial charge in [0.25, 0.3) is 0 Å². The van der Waals surface area contributed by atoms with Crippen molar-refractivity contribution in [1.29, 1.82) is 0 Å². The number of unbranched alkanes of at least 4 members (excludes halogenated alkanes) is 1. The molecule has 3 heteroatoms. The smallest absolute Gasteiger partial charge is 0.300 e. The predicted octanol–water partition coefficient (Wildman–Crippen LogP) is 2.58. The number of rotatable bonds is 5. The van der Waals surface area contributed by atoms with E-state index in [0.29, 0.717) is 6.04 Å². The highest BCUT2D eigenvalue weighted by molar-refractivity contribution is 6.79. The molecule has 11 heavy (non-hydrogen) atoms. The number of carbonyl (C=O) groups is 1. The van der Waals surface area contributed by atoms with Crippen LogP contribution in [0.5, 0.6) is 0 Å². The summed E-state index contributed by atoms with van der Waals surface area (Å²) < 4.78 is 0. The topological polar surface area (TPSA) is 37.3 Å². The van der Waals surface area contributed by atoms with Gasteiger partial charge in [0.15, 0.2) is 0 Å². The highest BCUT2D eigenvalue weighted by Gasteiger charge is 2.22. The van der Waals surface area contributed by atoms with E-state index in [9.17, 15) is 4.79 Å². The van der Waals surface area contributed by atoms with Crippen LogP contribution in [0.15, 0.2) is 0 Å². The summed E-state index contributed by atoms with van der Waals surface area (Å²) in [4.78, 5) is 10.4. The Labute approximate surface area is 69.6 Å². The highest BCUT2D eigenvalue weighted by atomic mass is 28.3. The number of hydrogen-bond acceptors (Lipinski definition) is 1. The summed E-state index contributed by atoms with van der Waals surface area (Å²) in [6.45, 7) is 6.44. The molecule has 0 aromatic heterocycles. The SMILES string of the molecule is CCCC[Si](C)(C)CC(=O)O. The summed E-state index contributed by atoms with van der Waals surface area (Å²) in [6.07, 6.45) is 2.36. The van der Waals surface area contributed by atoms with Crippen LogP contribution >= 0.6 is 0 Å². The predicted molar refractivity (Wildman–Crippen MR) is 49.6 cm³/mol. The van der Waals surface area contributed by atoms with Crippen molar-refractivity contribution in [3.63, 3.8) is 0 Å². The first-order valence-electron chi connectivity index (χ1n) is 4.20.